The molecular formula is C82H160O17P2. The lowest BCUT2D eigenvalue weighted by atomic mass is 9.99. The number of rotatable bonds is 80. The van der Waals surface area contributed by atoms with E-state index in [9.17, 15) is 43.2 Å². The minimum absolute atomic E-state index is 0.106. The smallest absolute Gasteiger partial charge is 0.462 e. The van der Waals surface area contributed by atoms with E-state index in [1.165, 1.54) is 231 Å². The predicted octanol–water partition coefficient (Wildman–Crippen LogP) is 24.5. The van der Waals surface area contributed by atoms with Gasteiger partial charge in [-0.1, -0.05) is 376 Å². The van der Waals surface area contributed by atoms with Crippen molar-refractivity contribution in [3.63, 3.8) is 0 Å². The maximum Gasteiger partial charge on any atom is 0.472 e. The van der Waals surface area contributed by atoms with Crippen LogP contribution in [0.4, 0.5) is 0 Å². The van der Waals surface area contributed by atoms with Gasteiger partial charge in [0, 0.05) is 25.7 Å². The topological polar surface area (TPSA) is 237 Å². The van der Waals surface area contributed by atoms with Crippen molar-refractivity contribution in [2.45, 2.75) is 446 Å². The molecule has 0 aliphatic carbocycles. The third kappa shape index (κ3) is 74.7. The number of carbonyl (C=O) groups excluding carboxylic acids is 4. The molecule has 0 saturated carbocycles. The van der Waals surface area contributed by atoms with Gasteiger partial charge >= 0.3 is 39.5 Å². The van der Waals surface area contributed by atoms with Gasteiger partial charge in [-0.25, -0.2) is 9.13 Å². The SMILES string of the molecule is CCCCCCCCCCCCCC(=O)O[C@H](COC(=O)CCCCCCCCC(C)C)COP(=O)(O)OC[C@H](O)COP(=O)(O)OC[C@@H](COC(=O)CCCCCCCCCCCCCCCCCCC(C)C)OC(=O)CCCCCCCCCCCCCCCCCCCCC(C)CC. The second-order valence-corrected chi connectivity index (χ2v) is 33.6. The molecule has 0 aromatic heterocycles. The molecule has 0 heterocycles. The molecule has 101 heavy (non-hydrogen) atoms. The van der Waals surface area contributed by atoms with Gasteiger partial charge in [0.1, 0.15) is 19.3 Å². The summed E-state index contributed by atoms with van der Waals surface area (Å²) in [6.45, 7) is 12.0. The van der Waals surface area contributed by atoms with Crippen molar-refractivity contribution in [2.24, 2.45) is 17.8 Å². The first-order valence-corrected chi connectivity index (χ1v) is 45.4. The molecule has 0 aliphatic heterocycles. The van der Waals surface area contributed by atoms with Crippen molar-refractivity contribution in [3.05, 3.63) is 0 Å². The molecule has 0 spiro atoms. The van der Waals surface area contributed by atoms with E-state index in [1.807, 2.05) is 0 Å². The van der Waals surface area contributed by atoms with Crippen LogP contribution in [0.15, 0.2) is 0 Å². The highest BCUT2D eigenvalue weighted by molar-refractivity contribution is 7.47. The van der Waals surface area contributed by atoms with E-state index >= 15 is 0 Å². The molecule has 600 valence electrons. The van der Waals surface area contributed by atoms with Gasteiger partial charge in [-0.05, 0) is 43.4 Å². The van der Waals surface area contributed by atoms with E-state index in [4.69, 9.17) is 37.0 Å². The van der Waals surface area contributed by atoms with E-state index in [0.29, 0.717) is 31.6 Å². The zero-order chi connectivity index (χ0) is 74.4. The number of hydrogen-bond donors (Lipinski definition) is 3. The van der Waals surface area contributed by atoms with Crippen LogP contribution in [0.3, 0.4) is 0 Å². The van der Waals surface area contributed by atoms with Gasteiger partial charge in [-0.15, -0.1) is 0 Å². The summed E-state index contributed by atoms with van der Waals surface area (Å²) < 4.78 is 68.6. The second kappa shape index (κ2) is 72.3. The highest BCUT2D eigenvalue weighted by Crippen LogP contribution is 2.45. The van der Waals surface area contributed by atoms with Crippen molar-refractivity contribution in [3.8, 4) is 0 Å². The summed E-state index contributed by atoms with van der Waals surface area (Å²) in [5.74, 6) is 0.251. The number of phosphoric ester groups is 2. The third-order valence-corrected chi connectivity index (χ3v) is 21.4. The molecule has 6 atom stereocenters. The molecule has 19 heteroatoms. The molecule has 0 radical (unpaired) electrons. The van der Waals surface area contributed by atoms with E-state index in [2.05, 4.69) is 48.5 Å². The van der Waals surface area contributed by atoms with Crippen LogP contribution in [-0.2, 0) is 65.4 Å². The first-order chi connectivity index (χ1) is 48.8. The lowest BCUT2D eigenvalue weighted by Crippen LogP contribution is -2.30. The van der Waals surface area contributed by atoms with Gasteiger partial charge in [-0.3, -0.25) is 37.3 Å². The molecule has 0 aromatic carbocycles. The Bertz CT molecular complexity index is 1960. The van der Waals surface area contributed by atoms with Crippen molar-refractivity contribution in [2.75, 3.05) is 39.6 Å². The number of unbranched alkanes of at least 4 members (excludes halogenated alkanes) is 47. The number of ether oxygens (including phenoxy) is 4. The van der Waals surface area contributed by atoms with E-state index < -0.39 is 97.5 Å². The Hall–Kier alpha value is -1.94. The van der Waals surface area contributed by atoms with Crippen LogP contribution in [0.25, 0.3) is 0 Å². The molecule has 3 unspecified atom stereocenters. The van der Waals surface area contributed by atoms with Gasteiger partial charge in [0.25, 0.3) is 0 Å². The number of phosphoric acid groups is 2. The zero-order valence-corrected chi connectivity index (χ0v) is 68.2. The monoisotopic (exact) mass is 1480 g/mol. The summed E-state index contributed by atoms with van der Waals surface area (Å²) in [5.41, 5.74) is 0. The summed E-state index contributed by atoms with van der Waals surface area (Å²) in [5, 5.41) is 10.6. The second-order valence-electron chi connectivity index (χ2n) is 30.7. The van der Waals surface area contributed by atoms with Gasteiger partial charge in [-0.2, -0.15) is 0 Å². The van der Waals surface area contributed by atoms with Gasteiger partial charge in [0.2, 0.25) is 0 Å². The summed E-state index contributed by atoms with van der Waals surface area (Å²) in [7, 11) is -9.92. The quantitative estimate of drug-likeness (QED) is 0.0222. The number of aliphatic hydroxyl groups excluding tert-OH is 1. The minimum Gasteiger partial charge on any atom is -0.462 e. The van der Waals surface area contributed by atoms with Gasteiger partial charge in [0.05, 0.1) is 26.4 Å². The molecular weight excluding hydrogens is 1320 g/mol. The largest absolute Gasteiger partial charge is 0.472 e. The van der Waals surface area contributed by atoms with Crippen LogP contribution in [0.5, 0.6) is 0 Å². The van der Waals surface area contributed by atoms with Crippen LogP contribution in [0.2, 0.25) is 0 Å². The van der Waals surface area contributed by atoms with Gasteiger partial charge < -0.3 is 33.8 Å². The Morgan fingerprint density at radius 3 is 0.752 bits per heavy atom. The maximum atomic E-state index is 13.1. The molecule has 0 saturated heterocycles. The highest BCUT2D eigenvalue weighted by atomic mass is 31.2. The first kappa shape index (κ1) is 99.1. The first-order valence-electron chi connectivity index (χ1n) is 42.4. The fourth-order valence-corrected chi connectivity index (χ4v) is 14.2. The summed E-state index contributed by atoms with van der Waals surface area (Å²) in [6, 6.07) is 0. The molecule has 0 amide bonds. The van der Waals surface area contributed by atoms with E-state index in [-0.39, 0.29) is 25.7 Å². The molecule has 0 fully saturated rings. The molecule has 0 rings (SSSR count). The molecule has 3 N–H and O–H groups in total. The van der Waals surface area contributed by atoms with Crippen molar-refractivity contribution >= 4 is 39.5 Å². The molecule has 0 bridgehead atoms. The average molecular weight is 1480 g/mol. The van der Waals surface area contributed by atoms with Crippen LogP contribution < -0.4 is 0 Å². The van der Waals surface area contributed by atoms with Crippen molar-refractivity contribution in [1.29, 1.82) is 0 Å². The lowest BCUT2D eigenvalue weighted by molar-refractivity contribution is -0.161. The normalized spacial score (nSPS) is 14.2. The van der Waals surface area contributed by atoms with Crippen LogP contribution in [0, 0.1) is 17.8 Å². The Kier molecular flexibility index (Phi) is 70.9. The summed E-state index contributed by atoms with van der Waals surface area (Å²) in [4.78, 5) is 72.9. The highest BCUT2D eigenvalue weighted by Gasteiger charge is 2.30. The van der Waals surface area contributed by atoms with Gasteiger partial charge in [0.15, 0.2) is 12.2 Å². The fraction of sp³-hybridized carbons (Fsp3) is 0.951. The van der Waals surface area contributed by atoms with Crippen molar-refractivity contribution < 1.29 is 80.2 Å². The Balaban J connectivity index is 5.18. The molecule has 17 nitrogen and oxygen atoms in total. The van der Waals surface area contributed by atoms with Crippen LogP contribution >= 0.6 is 15.6 Å². The summed E-state index contributed by atoms with van der Waals surface area (Å²) >= 11 is 0. The fourth-order valence-electron chi connectivity index (χ4n) is 12.6. The van der Waals surface area contributed by atoms with E-state index in [1.54, 1.807) is 0 Å². The molecule has 0 aromatic rings. The number of carbonyl (C=O) groups is 4. The number of aliphatic hydroxyl groups is 1. The lowest BCUT2D eigenvalue weighted by Gasteiger charge is -2.21. The maximum absolute atomic E-state index is 13.1. The summed E-state index contributed by atoms with van der Waals surface area (Å²) in [6.07, 6.45) is 61.3. The Morgan fingerprint density at radius 2 is 0.505 bits per heavy atom. The minimum atomic E-state index is -4.96. The Labute approximate surface area is 619 Å². The van der Waals surface area contributed by atoms with E-state index in [0.717, 1.165) is 108 Å². The number of hydrogen-bond acceptors (Lipinski definition) is 15. The molecule has 0 aliphatic rings. The van der Waals surface area contributed by atoms with Crippen molar-refractivity contribution in [1.82, 2.24) is 0 Å². The van der Waals surface area contributed by atoms with Crippen LogP contribution in [-0.4, -0.2) is 96.7 Å². The Morgan fingerprint density at radius 1 is 0.287 bits per heavy atom. The average Bonchev–Trinajstić information content (AvgIpc) is 0.935. The standard InChI is InChI=1S/C82H160O17P2/c1-8-10-11-12-13-14-29-37-42-51-58-65-81(86)99-78(70-93-80(85)64-57-50-45-44-47-54-61-74(5)6)72-97-101(90,91)95-68-76(83)67-94-100(88,89)96-71-77(69-92-79(84)63-56-49-41-36-32-27-23-20-19-21-25-30-34-39-46-53-60-73(3)4)98-82(87)66-59-52-43-38-33-28-24-18-16-15-17-22-26-31-35-40-48-55-62-75(7)9-2/h73-78,83H,8-72H2,1-7H3,(H,88,89)(H,90,91)/t75?,76-,77-,78-/m1/s1. The zero-order valence-electron chi connectivity index (χ0n) is 66.4. The third-order valence-electron chi connectivity index (χ3n) is 19.5. The number of esters is 4. The predicted molar refractivity (Wildman–Crippen MR) is 414 cm³/mol. The van der Waals surface area contributed by atoms with Crippen LogP contribution in [0.1, 0.15) is 427 Å².